The number of nitrogens with zero attached hydrogens (tertiary/aromatic N) is 3. The van der Waals surface area contributed by atoms with Gasteiger partial charge in [-0.3, -0.25) is 9.97 Å². The highest BCUT2D eigenvalue weighted by atomic mass is 79.9. The molecule has 6 atom stereocenters. The van der Waals surface area contributed by atoms with E-state index in [1.807, 2.05) is 18.5 Å². The van der Waals surface area contributed by atoms with Crippen molar-refractivity contribution in [2.45, 2.75) is 49.4 Å². The number of hydrogen-bond acceptors (Lipinski definition) is 4. The molecule has 4 nitrogen and oxygen atoms in total. The molecule has 7 heteroatoms. The third kappa shape index (κ3) is 4.90. The minimum absolute atomic E-state index is 0.177. The number of hydrogen-bond donors (Lipinski definition) is 1. The number of nitriles is 1. The normalized spacial score (nSPS) is 34.1. The van der Waals surface area contributed by atoms with Crippen molar-refractivity contribution in [1.29, 1.82) is 5.26 Å². The predicted octanol–water partition coefficient (Wildman–Crippen LogP) is 6.95. The lowest BCUT2D eigenvalue weighted by Crippen LogP contribution is -2.44. The summed E-state index contributed by atoms with van der Waals surface area (Å²) in [5.74, 6) is 2.38. The second-order valence-corrected chi connectivity index (χ2v) is 12.8. The van der Waals surface area contributed by atoms with Crippen LogP contribution in [0.25, 0.3) is 0 Å². The first-order valence-electron chi connectivity index (χ1n) is 12.1. The van der Waals surface area contributed by atoms with E-state index in [9.17, 15) is 5.26 Å². The molecule has 2 heterocycles. The van der Waals surface area contributed by atoms with E-state index in [2.05, 4.69) is 78.3 Å². The van der Waals surface area contributed by atoms with Crippen LogP contribution in [-0.4, -0.2) is 15.0 Å². The average Bonchev–Trinajstić information content (AvgIpc) is 3.38. The maximum atomic E-state index is 9.63. The minimum Gasteiger partial charge on any atom is -0.393 e. The fraction of sp³-hybridized carbons (Fsp3) is 0.429. The quantitative estimate of drug-likeness (QED) is 0.300. The lowest BCUT2D eigenvalue weighted by Gasteiger charge is -2.40. The monoisotopic (exact) mass is 610 g/mol. The number of thiocarbonyl (C=S) groups is 1. The van der Waals surface area contributed by atoms with E-state index in [0.29, 0.717) is 28.7 Å². The zero-order valence-corrected chi connectivity index (χ0v) is 23.4. The molecule has 2 aromatic rings. The van der Waals surface area contributed by atoms with Crippen LogP contribution in [0.15, 0.2) is 70.2 Å². The van der Waals surface area contributed by atoms with Gasteiger partial charge in [-0.25, -0.2) is 0 Å². The summed E-state index contributed by atoms with van der Waals surface area (Å²) in [4.78, 5) is 9.09. The van der Waals surface area contributed by atoms with Crippen molar-refractivity contribution in [1.82, 2.24) is 9.97 Å². The largest absolute Gasteiger partial charge is 0.393 e. The number of allylic oxidation sites excluding steroid dienone is 4. The van der Waals surface area contributed by atoms with E-state index < -0.39 is 0 Å². The average molecular weight is 612 g/mol. The Kier molecular flexibility index (Phi) is 7.00. The zero-order chi connectivity index (χ0) is 24.6. The number of rotatable bonds is 3. The molecule has 2 aromatic heterocycles. The molecule has 35 heavy (non-hydrogen) atoms. The molecule has 2 N–H and O–H groups in total. The number of aromatic nitrogens is 2. The van der Waals surface area contributed by atoms with Crippen LogP contribution in [0.5, 0.6) is 0 Å². The molecule has 4 aliphatic rings. The van der Waals surface area contributed by atoms with Crippen LogP contribution in [0.1, 0.15) is 49.7 Å². The van der Waals surface area contributed by atoms with Crippen molar-refractivity contribution >= 4 is 49.1 Å². The molecular weight excluding hydrogens is 584 g/mol. The topological polar surface area (TPSA) is 75.6 Å². The summed E-state index contributed by atoms with van der Waals surface area (Å²) < 4.78 is 1.94. The van der Waals surface area contributed by atoms with Gasteiger partial charge in [0, 0.05) is 39.1 Å². The predicted molar refractivity (Wildman–Crippen MR) is 150 cm³/mol. The molecule has 0 amide bonds. The van der Waals surface area contributed by atoms with E-state index in [4.69, 9.17) is 18.0 Å². The van der Waals surface area contributed by atoms with Gasteiger partial charge in [0.05, 0.1) is 16.5 Å². The van der Waals surface area contributed by atoms with Crippen LogP contribution in [0, 0.1) is 35.0 Å². The van der Waals surface area contributed by atoms with E-state index in [1.54, 1.807) is 12.4 Å². The van der Waals surface area contributed by atoms with Crippen molar-refractivity contribution < 1.29 is 0 Å². The summed E-state index contributed by atoms with van der Waals surface area (Å²) in [7, 11) is 0. The van der Waals surface area contributed by atoms with Crippen LogP contribution in [0.4, 0.5) is 0 Å². The summed E-state index contributed by atoms with van der Waals surface area (Å²) in [6.45, 7) is 0. The molecule has 0 saturated heterocycles. The molecule has 0 aliphatic heterocycles. The number of halogens is 2. The highest BCUT2D eigenvalue weighted by Crippen LogP contribution is 2.50. The van der Waals surface area contributed by atoms with Gasteiger partial charge in [-0.1, -0.05) is 36.5 Å². The fourth-order valence-electron chi connectivity index (χ4n) is 6.60. The van der Waals surface area contributed by atoms with Gasteiger partial charge in [-0.05, 0) is 117 Å². The van der Waals surface area contributed by atoms with Crippen molar-refractivity contribution in [3.05, 3.63) is 81.3 Å². The third-order valence-electron chi connectivity index (χ3n) is 8.17. The summed E-state index contributed by atoms with van der Waals surface area (Å²) in [5.41, 5.74) is 7.80. The fourth-order valence-corrected chi connectivity index (χ4v) is 7.62. The lowest BCUT2D eigenvalue weighted by molar-refractivity contribution is 0.281. The molecule has 0 aromatic carbocycles. The van der Waals surface area contributed by atoms with E-state index in [-0.39, 0.29) is 10.8 Å². The molecule has 4 aliphatic carbocycles. The molecule has 2 fully saturated rings. The smallest absolute Gasteiger partial charge is 0.0848 e. The first-order valence-corrected chi connectivity index (χ1v) is 14.1. The van der Waals surface area contributed by atoms with Gasteiger partial charge in [0.1, 0.15) is 0 Å². The van der Waals surface area contributed by atoms with E-state index in [0.717, 1.165) is 45.8 Å². The Labute approximate surface area is 229 Å². The maximum absolute atomic E-state index is 9.63. The Hall–Kier alpha value is -1.88. The summed E-state index contributed by atoms with van der Waals surface area (Å²) >= 11 is 12.3. The van der Waals surface area contributed by atoms with Gasteiger partial charge in [-0.15, -0.1) is 0 Å². The van der Waals surface area contributed by atoms with Gasteiger partial charge >= 0.3 is 0 Å². The van der Waals surface area contributed by atoms with Crippen LogP contribution >= 0.6 is 44.1 Å². The second-order valence-electron chi connectivity index (χ2n) is 10.5. The Bertz CT molecular complexity index is 1210. The molecule has 0 radical (unpaired) electrons. The van der Waals surface area contributed by atoms with Crippen LogP contribution in [-0.2, 0) is 10.8 Å². The number of pyridine rings is 2. The summed E-state index contributed by atoms with van der Waals surface area (Å²) in [6.07, 6.45) is 23.0. The summed E-state index contributed by atoms with van der Waals surface area (Å²) in [5, 5.41) is 9.63. The SMILES string of the molecule is N#CC1(c2cncc(Br)c2)C[C@@H]2C=C[C@@H](C2)C1.NC(=S)C1(c2cncc(Br)c2)C[C@@H]2C=C[C@@H](C2)C1. The van der Waals surface area contributed by atoms with Crippen LogP contribution in [0.2, 0.25) is 0 Å². The Morgan fingerprint density at radius 2 is 1.29 bits per heavy atom. The van der Waals surface area contributed by atoms with Crippen molar-refractivity contribution in [2.24, 2.45) is 29.4 Å². The molecule has 2 unspecified atom stereocenters. The highest BCUT2D eigenvalue weighted by molar-refractivity contribution is 9.10. The molecule has 4 bridgehead atoms. The summed E-state index contributed by atoms with van der Waals surface area (Å²) in [6, 6.07) is 6.71. The van der Waals surface area contributed by atoms with Gasteiger partial charge in [-0.2, -0.15) is 5.26 Å². The van der Waals surface area contributed by atoms with Crippen LogP contribution in [0.3, 0.4) is 0 Å². The van der Waals surface area contributed by atoms with Gasteiger partial charge in [0.15, 0.2) is 0 Å². The molecular formula is C28H28Br2N4S. The molecule has 180 valence electrons. The van der Waals surface area contributed by atoms with E-state index in [1.165, 1.54) is 12.8 Å². The van der Waals surface area contributed by atoms with Gasteiger partial charge < -0.3 is 5.73 Å². The van der Waals surface area contributed by atoms with E-state index >= 15 is 0 Å². The van der Waals surface area contributed by atoms with Gasteiger partial charge in [0.25, 0.3) is 0 Å². The lowest BCUT2D eigenvalue weighted by atomic mass is 9.65. The minimum atomic E-state index is -0.339. The highest BCUT2D eigenvalue weighted by Gasteiger charge is 2.45. The van der Waals surface area contributed by atoms with Gasteiger partial charge in [0.2, 0.25) is 0 Å². The number of fused-ring (bicyclic) bond motifs is 4. The van der Waals surface area contributed by atoms with Crippen LogP contribution < -0.4 is 5.73 Å². The first kappa shape index (κ1) is 24.8. The first-order chi connectivity index (χ1) is 16.8. The van der Waals surface area contributed by atoms with Crippen molar-refractivity contribution in [2.75, 3.05) is 0 Å². The zero-order valence-electron chi connectivity index (χ0n) is 19.4. The maximum Gasteiger partial charge on any atom is 0.0848 e. The molecule has 0 spiro atoms. The second kappa shape index (κ2) is 9.88. The molecule has 2 saturated carbocycles. The standard InChI is InChI=1S/C14H15BrN2S.C14H13BrN2/c15-12-4-11(7-17-8-12)14(13(16)18)5-9-1-2-10(3-9)6-14;15-13-4-12(7-17-8-13)14(9-16)5-10-1-2-11(3-10)6-14/h1-2,4,7-10H,3,5-6H2,(H2,16,18);1-2,4,7-8,10-11H,3,5-6H2/t9-,10+,14?;10-,11+,14?. The molecule has 6 rings (SSSR count). The van der Waals surface area contributed by atoms with Crippen molar-refractivity contribution in [3.63, 3.8) is 0 Å². The Morgan fingerprint density at radius 3 is 1.74 bits per heavy atom. The third-order valence-corrected chi connectivity index (χ3v) is 9.42. The Morgan fingerprint density at radius 1 is 0.829 bits per heavy atom. The van der Waals surface area contributed by atoms with Crippen molar-refractivity contribution in [3.8, 4) is 6.07 Å². The Balaban J connectivity index is 0.000000145. The number of nitrogens with two attached hydrogens (primary N) is 1.